The van der Waals surface area contributed by atoms with Crippen LogP contribution in [0.2, 0.25) is 0 Å². The van der Waals surface area contributed by atoms with Crippen LogP contribution >= 0.6 is 0 Å². The number of aryl methyl sites for hydroxylation is 1. The molecule has 1 fully saturated rings. The highest BCUT2D eigenvalue weighted by Gasteiger charge is 2.35. The van der Waals surface area contributed by atoms with Crippen molar-refractivity contribution in [2.45, 2.75) is 32.2 Å². The molecule has 2 aliphatic heterocycles. The van der Waals surface area contributed by atoms with E-state index in [2.05, 4.69) is 20.4 Å². The smallest absolute Gasteiger partial charge is 0.232 e. The van der Waals surface area contributed by atoms with E-state index in [-0.39, 0.29) is 24.1 Å². The van der Waals surface area contributed by atoms with Crippen molar-refractivity contribution in [2.75, 3.05) is 18.0 Å². The molecule has 0 spiro atoms. The van der Waals surface area contributed by atoms with Gasteiger partial charge in [0.15, 0.2) is 0 Å². The summed E-state index contributed by atoms with van der Waals surface area (Å²) < 4.78 is 19.1. The lowest BCUT2D eigenvalue weighted by atomic mass is 9.95. The normalized spacial score (nSPS) is 18.9. The van der Waals surface area contributed by atoms with Crippen LogP contribution in [0.25, 0.3) is 11.4 Å². The van der Waals surface area contributed by atoms with Crippen molar-refractivity contribution in [3.63, 3.8) is 0 Å². The molecule has 0 bridgehead atoms. The number of anilines is 1. The van der Waals surface area contributed by atoms with Gasteiger partial charge in [0.25, 0.3) is 0 Å². The van der Waals surface area contributed by atoms with Gasteiger partial charge in [0.2, 0.25) is 17.6 Å². The predicted octanol–water partition coefficient (Wildman–Crippen LogP) is 2.75. The number of halogens is 1. The van der Waals surface area contributed by atoms with E-state index < -0.39 is 0 Å². The highest BCUT2D eigenvalue weighted by molar-refractivity contribution is 5.96. The minimum atomic E-state index is -0.370. The fourth-order valence-corrected chi connectivity index (χ4v) is 4.14. The molecule has 148 valence electrons. The van der Waals surface area contributed by atoms with Crippen LogP contribution in [0.4, 0.5) is 10.1 Å². The molecule has 8 heteroatoms. The highest BCUT2D eigenvalue weighted by atomic mass is 19.1. The minimum absolute atomic E-state index is 0.0821. The fraction of sp³-hybridized carbons (Fsp3) is 0.333. The molecule has 2 aromatic heterocycles. The molecule has 0 saturated carbocycles. The molecule has 1 N–H and O–H groups in total. The van der Waals surface area contributed by atoms with Gasteiger partial charge in [-0.3, -0.25) is 9.78 Å². The van der Waals surface area contributed by atoms with E-state index in [0.29, 0.717) is 23.9 Å². The lowest BCUT2D eigenvalue weighted by molar-refractivity contribution is -0.117. The summed E-state index contributed by atoms with van der Waals surface area (Å²) in [5.74, 6) is 0.270. The predicted molar refractivity (Wildman–Crippen MR) is 104 cm³/mol. The Kier molecular flexibility index (Phi) is 4.35. The van der Waals surface area contributed by atoms with Crippen molar-refractivity contribution in [3.8, 4) is 11.4 Å². The van der Waals surface area contributed by atoms with Gasteiger partial charge in [-0.2, -0.15) is 4.98 Å². The standard InChI is InChI=1S/C21H20FN5O2/c1-12-19(17-5-6-23-9-14(17)10-24-12)20-25-21(29-26-20)13-7-18(28)27(11-13)16-4-2-3-15(22)8-16/h2-4,8,10,13,23H,5-7,9,11H2,1H3/t13-/m0/s1. The van der Waals surface area contributed by atoms with Crippen molar-refractivity contribution in [1.82, 2.24) is 20.4 Å². The number of carbonyl (C=O) groups excluding carboxylic acids is 1. The number of nitrogens with one attached hydrogen (secondary N) is 1. The second kappa shape index (κ2) is 7.04. The van der Waals surface area contributed by atoms with Gasteiger partial charge in [-0.1, -0.05) is 11.2 Å². The van der Waals surface area contributed by atoms with Crippen molar-refractivity contribution in [1.29, 1.82) is 0 Å². The number of aromatic nitrogens is 3. The molecule has 5 rings (SSSR count). The Balaban J connectivity index is 1.44. The van der Waals surface area contributed by atoms with E-state index in [9.17, 15) is 9.18 Å². The summed E-state index contributed by atoms with van der Waals surface area (Å²) in [6.45, 7) is 4.00. The van der Waals surface area contributed by atoms with Gasteiger partial charge in [-0.05, 0) is 49.2 Å². The third-order valence-corrected chi connectivity index (χ3v) is 5.59. The molecule has 3 aromatic rings. The molecule has 0 radical (unpaired) electrons. The molecule has 1 saturated heterocycles. The molecular formula is C21H20FN5O2. The fourth-order valence-electron chi connectivity index (χ4n) is 4.14. The van der Waals surface area contributed by atoms with E-state index in [4.69, 9.17) is 4.52 Å². The average molecular weight is 393 g/mol. The van der Waals surface area contributed by atoms with Crippen LogP contribution in [0, 0.1) is 12.7 Å². The van der Waals surface area contributed by atoms with Crippen molar-refractivity contribution >= 4 is 11.6 Å². The number of pyridine rings is 1. The first-order chi connectivity index (χ1) is 14.1. The summed E-state index contributed by atoms with van der Waals surface area (Å²) in [6.07, 6.45) is 3.03. The number of hydrogen-bond acceptors (Lipinski definition) is 6. The molecule has 0 unspecified atom stereocenters. The Morgan fingerprint density at radius 1 is 1.34 bits per heavy atom. The maximum absolute atomic E-state index is 13.5. The largest absolute Gasteiger partial charge is 0.339 e. The average Bonchev–Trinajstić information content (AvgIpc) is 3.35. The molecule has 1 amide bonds. The van der Waals surface area contributed by atoms with Gasteiger partial charge in [0.1, 0.15) is 5.82 Å². The van der Waals surface area contributed by atoms with Crippen molar-refractivity contribution in [2.24, 2.45) is 0 Å². The third kappa shape index (κ3) is 3.19. The first kappa shape index (κ1) is 17.9. The van der Waals surface area contributed by atoms with Crippen LogP contribution in [0.5, 0.6) is 0 Å². The molecule has 4 heterocycles. The summed E-state index contributed by atoms with van der Waals surface area (Å²) in [5, 5.41) is 7.54. The quantitative estimate of drug-likeness (QED) is 0.737. The molecule has 0 aliphatic carbocycles. The Hall–Kier alpha value is -3.13. The molecule has 2 aliphatic rings. The van der Waals surface area contributed by atoms with Crippen LogP contribution < -0.4 is 10.2 Å². The van der Waals surface area contributed by atoms with Gasteiger partial charge in [-0.25, -0.2) is 4.39 Å². The van der Waals surface area contributed by atoms with Crippen LogP contribution in [-0.2, 0) is 17.8 Å². The van der Waals surface area contributed by atoms with Crippen molar-refractivity contribution in [3.05, 3.63) is 59.0 Å². The summed E-state index contributed by atoms with van der Waals surface area (Å²) in [7, 11) is 0. The summed E-state index contributed by atoms with van der Waals surface area (Å²) in [4.78, 5) is 23.2. The van der Waals surface area contributed by atoms with Crippen LogP contribution in [-0.4, -0.2) is 34.1 Å². The van der Waals surface area contributed by atoms with Gasteiger partial charge < -0.3 is 14.7 Å². The maximum atomic E-state index is 13.5. The number of amides is 1. The molecular weight excluding hydrogens is 373 g/mol. The zero-order valence-corrected chi connectivity index (χ0v) is 16.0. The number of rotatable bonds is 3. The highest BCUT2D eigenvalue weighted by Crippen LogP contribution is 2.34. The second-order valence-corrected chi connectivity index (χ2v) is 7.49. The summed E-state index contributed by atoms with van der Waals surface area (Å²) >= 11 is 0. The van der Waals surface area contributed by atoms with Crippen LogP contribution in [0.1, 0.15) is 35.1 Å². The van der Waals surface area contributed by atoms with Crippen LogP contribution in [0.3, 0.4) is 0 Å². The first-order valence-corrected chi connectivity index (χ1v) is 9.68. The molecule has 29 heavy (non-hydrogen) atoms. The SMILES string of the molecule is Cc1ncc2c(c1-c1noc([C@H]3CC(=O)N(c4cccc(F)c4)C3)n1)CCNC2. The molecule has 1 atom stereocenters. The monoisotopic (exact) mass is 393 g/mol. The topological polar surface area (TPSA) is 84.2 Å². The second-order valence-electron chi connectivity index (χ2n) is 7.49. The number of nitrogens with zero attached hydrogens (tertiary/aromatic N) is 4. The number of hydrogen-bond donors (Lipinski definition) is 1. The van der Waals surface area contributed by atoms with Crippen LogP contribution in [0.15, 0.2) is 35.0 Å². The van der Waals surface area contributed by atoms with E-state index in [0.717, 1.165) is 36.3 Å². The summed E-state index contributed by atoms with van der Waals surface area (Å²) in [5.41, 5.74) is 4.68. The zero-order valence-electron chi connectivity index (χ0n) is 16.0. The van der Waals surface area contributed by atoms with Gasteiger partial charge in [0, 0.05) is 42.7 Å². The van der Waals surface area contributed by atoms with E-state index in [1.54, 1.807) is 17.0 Å². The Bertz CT molecular complexity index is 1100. The minimum Gasteiger partial charge on any atom is -0.339 e. The zero-order chi connectivity index (χ0) is 20.0. The van der Waals surface area contributed by atoms with E-state index in [1.807, 2.05) is 13.1 Å². The summed E-state index contributed by atoms with van der Waals surface area (Å²) in [6, 6.07) is 6.04. The number of carbonyl (C=O) groups is 1. The maximum Gasteiger partial charge on any atom is 0.232 e. The number of benzene rings is 1. The van der Waals surface area contributed by atoms with Gasteiger partial charge in [0.05, 0.1) is 5.92 Å². The lowest BCUT2D eigenvalue weighted by Crippen LogP contribution is -2.25. The Morgan fingerprint density at radius 2 is 2.24 bits per heavy atom. The van der Waals surface area contributed by atoms with E-state index >= 15 is 0 Å². The van der Waals surface area contributed by atoms with Crippen molar-refractivity contribution < 1.29 is 13.7 Å². The van der Waals surface area contributed by atoms with Gasteiger partial charge in [-0.15, -0.1) is 0 Å². The first-order valence-electron chi connectivity index (χ1n) is 9.68. The van der Waals surface area contributed by atoms with E-state index in [1.165, 1.54) is 17.7 Å². The lowest BCUT2D eigenvalue weighted by Gasteiger charge is -2.19. The number of fused-ring (bicyclic) bond motifs is 1. The Labute approximate surface area is 166 Å². The van der Waals surface area contributed by atoms with Gasteiger partial charge >= 0.3 is 0 Å². The molecule has 7 nitrogen and oxygen atoms in total. The molecule has 1 aromatic carbocycles. The third-order valence-electron chi connectivity index (χ3n) is 5.59. The Morgan fingerprint density at radius 3 is 3.10 bits per heavy atom.